The third kappa shape index (κ3) is 3.96. The largest absolute Gasteiger partial charge is 0.298 e. The molecule has 0 aliphatic carbocycles. The van der Waals surface area contributed by atoms with Gasteiger partial charge in [-0.3, -0.25) is 4.79 Å². The molecule has 0 aliphatic heterocycles. The molecular formula is C10H11BrF2O. The smallest absolute Gasteiger partial charge is 0.263 e. The fourth-order valence-corrected chi connectivity index (χ4v) is 1.36. The molecule has 0 saturated carbocycles. The van der Waals surface area contributed by atoms with Gasteiger partial charge in [0.1, 0.15) is 6.29 Å². The number of carbonyl (C=O) groups is 1. The summed E-state index contributed by atoms with van der Waals surface area (Å²) < 4.78 is 24.7. The minimum atomic E-state index is -2.54. The minimum Gasteiger partial charge on any atom is -0.298 e. The van der Waals surface area contributed by atoms with Crippen LogP contribution in [-0.4, -0.2) is 6.29 Å². The normalized spacial score (nSPS) is 9.29. The zero-order chi connectivity index (χ0) is 11.1. The molecule has 0 aliphatic rings. The molecule has 0 spiro atoms. The number of carbonyl (C=O) groups excluding carboxylic acids is 1. The van der Waals surface area contributed by atoms with Crippen LogP contribution in [0.2, 0.25) is 0 Å². The highest BCUT2D eigenvalue weighted by Crippen LogP contribution is 2.23. The quantitative estimate of drug-likeness (QED) is 0.731. The van der Waals surface area contributed by atoms with Crippen molar-refractivity contribution in [2.75, 3.05) is 0 Å². The molecule has 1 nitrogen and oxygen atoms in total. The lowest BCUT2D eigenvalue weighted by Crippen LogP contribution is -1.87. The molecule has 0 saturated heterocycles. The first-order valence-corrected chi connectivity index (χ1v) is 4.96. The first-order valence-electron chi connectivity index (χ1n) is 4.17. The summed E-state index contributed by atoms with van der Waals surface area (Å²) in [6.45, 7) is 4.00. The van der Waals surface area contributed by atoms with Gasteiger partial charge < -0.3 is 0 Å². The number of rotatable bonds is 2. The number of benzene rings is 1. The van der Waals surface area contributed by atoms with E-state index in [-0.39, 0.29) is 11.1 Å². The molecule has 0 amide bonds. The van der Waals surface area contributed by atoms with Crippen molar-refractivity contribution in [3.05, 3.63) is 33.8 Å². The van der Waals surface area contributed by atoms with Crippen molar-refractivity contribution in [3.63, 3.8) is 0 Å². The van der Waals surface area contributed by atoms with Crippen LogP contribution in [0.3, 0.4) is 0 Å². The molecule has 1 aromatic carbocycles. The molecule has 14 heavy (non-hydrogen) atoms. The summed E-state index contributed by atoms with van der Waals surface area (Å²) in [5, 5.41) is 0. The summed E-state index contributed by atoms with van der Waals surface area (Å²) in [6.07, 6.45) is -2.00. The predicted molar refractivity (Wildman–Crippen MR) is 55.8 cm³/mol. The lowest BCUT2D eigenvalue weighted by Gasteiger charge is -2.00. The number of alkyl halides is 2. The summed E-state index contributed by atoms with van der Waals surface area (Å²) >= 11 is 3.03. The van der Waals surface area contributed by atoms with Crippen molar-refractivity contribution in [2.24, 2.45) is 0 Å². The molecule has 0 aromatic heterocycles. The molecule has 4 heteroatoms. The molecule has 1 aromatic rings. The van der Waals surface area contributed by atoms with Crippen molar-refractivity contribution in [1.29, 1.82) is 0 Å². The van der Waals surface area contributed by atoms with Crippen LogP contribution in [0.1, 0.15) is 36.2 Å². The van der Waals surface area contributed by atoms with Crippen LogP contribution in [0, 0.1) is 0 Å². The maximum atomic E-state index is 12.1. The van der Waals surface area contributed by atoms with E-state index in [1.807, 2.05) is 13.8 Å². The Balaban J connectivity index is 0.000000791. The topological polar surface area (TPSA) is 17.1 Å². The van der Waals surface area contributed by atoms with E-state index in [1.54, 1.807) is 0 Å². The second-order valence-electron chi connectivity index (χ2n) is 2.24. The number of hydrogen-bond donors (Lipinski definition) is 0. The Morgan fingerprint density at radius 3 is 2.29 bits per heavy atom. The van der Waals surface area contributed by atoms with Gasteiger partial charge in [0.05, 0.1) is 0 Å². The van der Waals surface area contributed by atoms with E-state index >= 15 is 0 Å². The van der Waals surface area contributed by atoms with Crippen LogP contribution in [0.15, 0.2) is 22.7 Å². The molecule has 0 bridgehead atoms. The molecule has 0 fully saturated rings. The molecule has 0 unspecified atom stereocenters. The van der Waals surface area contributed by atoms with Gasteiger partial charge in [0.25, 0.3) is 6.43 Å². The van der Waals surface area contributed by atoms with E-state index in [9.17, 15) is 13.6 Å². The number of aldehydes is 1. The van der Waals surface area contributed by atoms with Crippen LogP contribution in [0.25, 0.3) is 0 Å². The Morgan fingerprint density at radius 2 is 1.86 bits per heavy atom. The van der Waals surface area contributed by atoms with Gasteiger partial charge >= 0.3 is 0 Å². The molecule has 0 atom stereocenters. The summed E-state index contributed by atoms with van der Waals surface area (Å²) in [5.41, 5.74) is 0.103. The van der Waals surface area contributed by atoms with Crippen molar-refractivity contribution < 1.29 is 13.6 Å². The van der Waals surface area contributed by atoms with Crippen LogP contribution < -0.4 is 0 Å². The standard InChI is InChI=1S/C8H5BrF2O.C2H6/c9-7-2-5(4-12)1-6(3-7)8(10)11;1-2/h1-4,8H;1-2H3. The van der Waals surface area contributed by atoms with E-state index in [0.29, 0.717) is 10.8 Å². The predicted octanol–water partition coefficient (Wildman–Crippen LogP) is 4.23. The van der Waals surface area contributed by atoms with Gasteiger partial charge in [0.15, 0.2) is 0 Å². The molecule has 0 heterocycles. The Labute approximate surface area is 90.3 Å². The lowest BCUT2D eigenvalue weighted by atomic mass is 10.1. The fraction of sp³-hybridized carbons (Fsp3) is 0.300. The van der Waals surface area contributed by atoms with Crippen LogP contribution in [0.5, 0.6) is 0 Å². The Bertz CT molecular complexity index is 300. The van der Waals surface area contributed by atoms with Crippen LogP contribution in [-0.2, 0) is 0 Å². The molecule has 1 rings (SSSR count). The van der Waals surface area contributed by atoms with E-state index in [0.717, 1.165) is 0 Å². The van der Waals surface area contributed by atoms with Crippen molar-refractivity contribution in [1.82, 2.24) is 0 Å². The van der Waals surface area contributed by atoms with Crippen molar-refractivity contribution in [3.8, 4) is 0 Å². The van der Waals surface area contributed by atoms with Gasteiger partial charge in [-0.15, -0.1) is 0 Å². The molecular weight excluding hydrogens is 254 g/mol. The zero-order valence-electron chi connectivity index (χ0n) is 7.93. The average molecular weight is 265 g/mol. The summed E-state index contributed by atoms with van der Waals surface area (Å²) in [5.74, 6) is 0. The second-order valence-corrected chi connectivity index (χ2v) is 3.15. The van der Waals surface area contributed by atoms with E-state index in [4.69, 9.17) is 0 Å². The lowest BCUT2D eigenvalue weighted by molar-refractivity contribution is 0.112. The summed E-state index contributed by atoms with van der Waals surface area (Å²) in [6, 6.07) is 3.94. The van der Waals surface area contributed by atoms with E-state index < -0.39 is 6.43 Å². The van der Waals surface area contributed by atoms with Crippen LogP contribution in [0.4, 0.5) is 8.78 Å². The Kier molecular flexibility index (Phi) is 6.28. The first-order chi connectivity index (χ1) is 6.63. The molecule has 0 N–H and O–H groups in total. The number of hydrogen-bond acceptors (Lipinski definition) is 1. The molecule has 0 radical (unpaired) electrons. The highest BCUT2D eigenvalue weighted by molar-refractivity contribution is 9.10. The maximum absolute atomic E-state index is 12.1. The van der Waals surface area contributed by atoms with Gasteiger partial charge in [0.2, 0.25) is 0 Å². The third-order valence-electron chi connectivity index (χ3n) is 1.33. The average Bonchev–Trinajstić information content (AvgIpc) is 2.20. The summed E-state index contributed by atoms with van der Waals surface area (Å²) in [4.78, 5) is 10.3. The number of halogens is 3. The maximum Gasteiger partial charge on any atom is 0.263 e. The van der Waals surface area contributed by atoms with Gasteiger partial charge in [-0.2, -0.15) is 0 Å². The van der Waals surface area contributed by atoms with Crippen LogP contribution >= 0.6 is 15.9 Å². The third-order valence-corrected chi connectivity index (χ3v) is 1.79. The molecule has 78 valence electrons. The van der Waals surface area contributed by atoms with Crippen molar-refractivity contribution in [2.45, 2.75) is 20.3 Å². The van der Waals surface area contributed by atoms with Gasteiger partial charge in [-0.25, -0.2) is 8.78 Å². The minimum absolute atomic E-state index is 0.147. The van der Waals surface area contributed by atoms with Crippen molar-refractivity contribution >= 4 is 22.2 Å². The van der Waals surface area contributed by atoms with Gasteiger partial charge in [0, 0.05) is 15.6 Å². The van der Waals surface area contributed by atoms with Gasteiger partial charge in [-0.1, -0.05) is 29.8 Å². The zero-order valence-corrected chi connectivity index (χ0v) is 9.51. The van der Waals surface area contributed by atoms with E-state index in [2.05, 4.69) is 15.9 Å². The first kappa shape index (κ1) is 13.2. The SMILES string of the molecule is CC.O=Cc1cc(Br)cc(C(F)F)c1. The highest BCUT2D eigenvalue weighted by Gasteiger charge is 2.08. The summed E-state index contributed by atoms with van der Waals surface area (Å²) in [7, 11) is 0. The fourth-order valence-electron chi connectivity index (χ4n) is 0.830. The second kappa shape index (κ2) is 6.65. The Hall–Kier alpha value is -0.770. The van der Waals surface area contributed by atoms with E-state index in [1.165, 1.54) is 18.2 Å². The highest BCUT2D eigenvalue weighted by atomic mass is 79.9. The Morgan fingerprint density at radius 1 is 1.29 bits per heavy atom. The monoisotopic (exact) mass is 264 g/mol. The van der Waals surface area contributed by atoms with Gasteiger partial charge in [-0.05, 0) is 18.2 Å².